The summed E-state index contributed by atoms with van der Waals surface area (Å²) in [5, 5.41) is 3.14. The highest BCUT2D eigenvalue weighted by molar-refractivity contribution is 5.77. The van der Waals surface area contributed by atoms with Crippen molar-refractivity contribution in [2.45, 2.75) is 52.5 Å². The Labute approximate surface area is 164 Å². The molecule has 1 amide bonds. The average Bonchev–Trinajstić information content (AvgIpc) is 2.65. The highest BCUT2D eigenvalue weighted by Gasteiger charge is 2.30. The standard InChI is InChI=1S/C22H36FN3O/c1-6-25-11-13-26(14-12-25)22(4,5)16-24-21(27)15-20(17(2)3)18-7-9-19(23)10-8-18/h7-10,17,20H,6,11-16H2,1-5H3,(H,24,27). The van der Waals surface area contributed by atoms with Gasteiger partial charge >= 0.3 is 0 Å². The Morgan fingerprint density at radius 2 is 1.74 bits per heavy atom. The maximum Gasteiger partial charge on any atom is 0.220 e. The normalized spacial score (nSPS) is 17.9. The summed E-state index contributed by atoms with van der Waals surface area (Å²) >= 11 is 0. The largest absolute Gasteiger partial charge is 0.354 e. The fraction of sp³-hybridized carbons (Fsp3) is 0.682. The van der Waals surface area contributed by atoms with Crippen LogP contribution in [0.5, 0.6) is 0 Å². The first-order valence-corrected chi connectivity index (χ1v) is 10.2. The first-order valence-electron chi connectivity index (χ1n) is 10.2. The maximum absolute atomic E-state index is 13.2. The molecular weight excluding hydrogens is 341 g/mol. The van der Waals surface area contributed by atoms with Gasteiger partial charge in [0.05, 0.1) is 0 Å². The van der Waals surface area contributed by atoms with E-state index in [2.05, 4.69) is 49.7 Å². The van der Waals surface area contributed by atoms with E-state index < -0.39 is 0 Å². The second-order valence-electron chi connectivity index (χ2n) is 8.62. The second kappa shape index (κ2) is 9.65. The van der Waals surface area contributed by atoms with Crippen molar-refractivity contribution in [3.05, 3.63) is 35.6 Å². The predicted octanol–water partition coefficient (Wildman–Crippen LogP) is 3.49. The van der Waals surface area contributed by atoms with Crippen molar-refractivity contribution < 1.29 is 9.18 Å². The van der Waals surface area contributed by atoms with Crippen LogP contribution < -0.4 is 5.32 Å². The lowest BCUT2D eigenvalue weighted by Gasteiger charge is -2.44. The molecule has 1 atom stereocenters. The van der Waals surface area contributed by atoms with Gasteiger partial charge in [0.1, 0.15) is 5.82 Å². The van der Waals surface area contributed by atoms with Gasteiger partial charge in [-0.25, -0.2) is 4.39 Å². The smallest absolute Gasteiger partial charge is 0.220 e. The lowest BCUT2D eigenvalue weighted by molar-refractivity contribution is -0.122. The summed E-state index contributed by atoms with van der Waals surface area (Å²) in [6.45, 7) is 16.8. The van der Waals surface area contributed by atoms with E-state index in [9.17, 15) is 9.18 Å². The van der Waals surface area contributed by atoms with Gasteiger partial charge in [-0.3, -0.25) is 9.69 Å². The van der Waals surface area contributed by atoms with Crippen LogP contribution in [0.2, 0.25) is 0 Å². The van der Waals surface area contributed by atoms with Crippen molar-refractivity contribution in [3.8, 4) is 0 Å². The summed E-state index contributed by atoms with van der Waals surface area (Å²) in [5.74, 6) is 0.243. The highest BCUT2D eigenvalue weighted by atomic mass is 19.1. The van der Waals surface area contributed by atoms with Crippen LogP contribution in [-0.4, -0.2) is 60.5 Å². The summed E-state index contributed by atoms with van der Waals surface area (Å²) in [5.41, 5.74) is 0.968. The van der Waals surface area contributed by atoms with Crippen molar-refractivity contribution in [1.29, 1.82) is 0 Å². The van der Waals surface area contributed by atoms with Gasteiger partial charge in [-0.05, 0) is 49.9 Å². The van der Waals surface area contributed by atoms with Crippen LogP contribution >= 0.6 is 0 Å². The van der Waals surface area contributed by atoms with Crippen molar-refractivity contribution in [3.63, 3.8) is 0 Å². The number of nitrogens with one attached hydrogen (secondary N) is 1. The van der Waals surface area contributed by atoms with Gasteiger partial charge in [0, 0.05) is 44.7 Å². The monoisotopic (exact) mass is 377 g/mol. The van der Waals surface area contributed by atoms with Crippen molar-refractivity contribution in [1.82, 2.24) is 15.1 Å². The molecule has 1 unspecified atom stereocenters. The van der Waals surface area contributed by atoms with Crippen LogP contribution in [0, 0.1) is 11.7 Å². The quantitative estimate of drug-likeness (QED) is 0.753. The molecule has 0 radical (unpaired) electrons. The van der Waals surface area contributed by atoms with Gasteiger partial charge in [-0.2, -0.15) is 0 Å². The average molecular weight is 378 g/mol. The number of halogens is 1. The Morgan fingerprint density at radius 3 is 2.26 bits per heavy atom. The molecule has 0 aromatic heterocycles. The zero-order valence-corrected chi connectivity index (χ0v) is 17.6. The predicted molar refractivity (Wildman–Crippen MR) is 109 cm³/mol. The fourth-order valence-corrected chi connectivity index (χ4v) is 3.82. The molecule has 0 aliphatic carbocycles. The van der Waals surface area contributed by atoms with E-state index in [1.807, 2.05) is 0 Å². The summed E-state index contributed by atoms with van der Waals surface area (Å²) in [6.07, 6.45) is 0.434. The number of piperazine rings is 1. The Hall–Kier alpha value is -1.46. The first kappa shape index (κ1) is 21.8. The molecule has 2 rings (SSSR count). The Balaban J connectivity index is 1.88. The van der Waals surface area contributed by atoms with Gasteiger partial charge in [0.25, 0.3) is 0 Å². The van der Waals surface area contributed by atoms with Crippen molar-refractivity contribution >= 4 is 5.91 Å². The molecule has 1 N–H and O–H groups in total. The summed E-state index contributed by atoms with van der Waals surface area (Å²) in [7, 11) is 0. The maximum atomic E-state index is 13.2. The third kappa shape index (κ3) is 6.28. The number of rotatable bonds is 8. The molecule has 1 fully saturated rings. The molecule has 1 aliphatic rings. The van der Waals surface area contributed by atoms with Gasteiger partial charge in [-0.1, -0.05) is 32.9 Å². The van der Waals surface area contributed by atoms with E-state index in [1.54, 1.807) is 12.1 Å². The van der Waals surface area contributed by atoms with Crippen LogP contribution in [0.15, 0.2) is 24.3 Å². The Kier molecular flexibility index (Phi) is 7.80. The van der Waals surface area contributed by atoms with Crippen LogP contribution in [0.1, 0.15) is 52.5 Å². The molecule has 0 saturated carbocycles. The molecule has 0 spiro atoms. The van der Waals surface area contributed by atoms with E-state index in [1.165, 1.54) is 12.1 Å². The zero-order chi connectivity index (χ0) is 20.0. The minimum Gasteiger partial charge on any atom is -0.354 e. The van der Waals surface area contributed by atoms with Crippen LogP contribution in [0.25, 0.3) is 0 Å². The van der Waals surface area contributed by atoms with Crippen LogP contribution in [-0.2, 0) is 4.79 Å². The number of hydrogen-bond donors (Lipinski definition) is 1. The number of hydrogen-bond acceptors (Lipinski definition) is 3. The molecule has 1 saturated heterocycles. The van der Waals surface area contributed by atoms with E-state index in [-0.39, 0.29) is 23.2 Å². The van der Waals surface area contributed by atoms with Gasteiger partial charge in [0.2, 0.25) is 5.91 Å². The van der Waals surface area contributed by atoms with E-state index in [0.717, 1.165) is 38.3 Å². The molecule has 152 valence electrons. The van der Waals surface area contributed by atoms with E-state index in [0.29, 0.717) is 18.9 Å². The first-order chi connectivity index (χ1) is 12.7. The van der Waals surface area contributed by atoms with Crippen molar-refractivity contribution in [2.75, 3.05) is 39.3 Å². The number of amides is 1. The van der Waals surface area contributed by atoms with Crippen LogP contribution in [0.3, 0.4) is 0 Å². The van der Waals surface area contributed by atoms with Gasteiger partial charge in [-0.15, -0.1) is 0 Å². The second-order valence-corrected chi connectivity index (χ2v) is 8.62. The zero-order valence-electron chi connectivity index (χ0n) is 17.6. The lowest BCUT2D eigenvalue weighted by Crippen LogP contribution is -2.58. The summed E-state index contributed by atoms with van der Waals surface area (Å²) in [6, 6.07) is 6.54. The topological polar surface area (TPSA) is 35.6 Å². The molecule has 1 aliphatic heterocycles. The van der Waals surface area contributed by atoms with Gasteiger partial charge < -0.3 is 10.2 Å². The van der Waals surface area contributed by atoms with E-state index in [4.69, 9.17) is 0 Å². The molecule has 0 bridgehead atoms. The molecule has 1 aromatic carbocycles. The third-order valence-corrected chi connectivity index (χ3v) is 5.90. The SMILES string of the molecule is CCN1CCN(C(C)(C)CNC(=O)CC(c2ccc(F)cc2)C(C)C)CC1. The highest BCUT2D eigenvalue weighted by Crippen LogP contribution is 2.28. The minimum absolute atomic E-state index is 0.0569. The van der Waals surface area contributed by atoms with Crippen molar-refractivity contribution in [2.24, 2.45) is 5.92 Å². The van der Waals surface area contributed by atoms with E-state index >= 15 is 0 Å². The Bertz CT molecular complexity index is 592. The Morgan fingerprint density at radius 1 is 1.15 bits per heavy atom. The molecule has 1 aromatic rings. The molecule has 5 heteroatoms. The molecule has 27 heavy (non-hydrogen) atoms. The number of benzene rings is 1. The number of carbonyl (C=O) groups excluding carboxylic acids is 1. The molecule has 1 heterocycles. The molecule has 4 nitrogen and oxygen atoms in total. The summed E-state index contributed by atoms with van der Waals surface area (Å²) in [4.78, 5) is 17.5. The van der Waals surface area contributed by atoms with Crippen LogP contribution in [0.4, 0.5) is 4.39 Å². The number of likely N-dealkylation sites (N-methyl/N-ethyl adjacent to an activating group) is 1. The number of carbonyl (C=O) groups is 1. The molecular formula is C22H36FN3O. The number of nitrogens with zero attached hydrogens (tertiary/aromatic N) is 2. The lowest BCUT2D eigenvalue weighted by atomic mass is 9.85. The summed E-state index contributed by atoms with van der Waals surface area (Å²) < 4.78 is 13.2. The fourth-order valence-electron chi connectivity index (χ4n) is 3.82. The minimum atomic E-state index is -0.240. The van der Waals surface area contributed by atoms with Gasteiger partial charge in [0.15, 0.2) is 0 Å². The third-order valence-electron chi connectivity index (χ3n) is 5.90.